The van der Waals surface area contributed by atoms with E-state index in [0.717, 1.165) is 0 Å². The van der Waals surface area contributed by atoms with Gasteiger partial charge in [0.15, 0.2) is 0 Å². The summed E-state index contributed by atoms with van der Waals surface area (Å²) in [5, 5.41) is 0. The topological polar surface area (TPSA) is 9.23 Å². The number of hydrogen-bond acceptors (Lipinski definition) is 1. The molecule has 0 aliphatic rings. The molecule has 1 atom stereocenters. The van der Waals surface area contributed by atoms with Crippen molar-refractivity contribution in [3.63, 3.8) is 0 Å². The van der Waals surface area contributed by atoms with Gasteiger partial charge in [0.2, 0.25) is 0 Å². The fourth-order valence-electron chi connectivity index (χ4n) is 0.325. The van der Waals surface area contributed by atoms with Crippen molar-refractivity contribution < 1.29 is 9.13 Å². The van der Waals surface area contributed by atoms with Crippen LogP contribution in [0.4, 0.5) is 4.39 Å². The Labute approximate surface area is 50.6 Å². The molecule has 0 bridgehead atoms. The van der Waals surface area contributed by atoms with Gasteiger partial charge in [0.25, 0.3) is 0 Å². The molecule has 0 fully saturated rings. The van der Waals surface area contributed by atoms with E-state index in [2.05, 4.69) is 0 Å². The molecular formula is C5H12BFO. The zero-order chi connectivity index (χ0) is 6.57. The van der Waals surface area contributed by atoms with Crippen LogP contribution in [0.2, 0.25) is 0 Å². The highest BCUT2D eigenvalue weighted by Gasteiger charge is 1.98. The minimum Gasteiger partial charge on any atom is -0.377 e. The van der Waals surface area contributed by atoms with Crippen molar-refractivity contribution in [3.05, 3.63) is 0 Å². The highest BCUT2D eigenvalue weighted by molar-refractivity contribution is 6.10. The fraction of sp³-hybridized carbons (Fsp3) is 1.00. The summed E-state index contributed by atoms with van der Waals surface area (Å²) >= 11 is 0. The molecular weight excluding hydrogens is 106 g/mol. The number of alkyl halides is 1. The Morgan fingerprint density at radius 1 is 1.62 bits per heavy atom. The first-order valence-electron chi connectivity index (χ1n) is 2.88. The molecule has 3 heteroatoms. The van der Waals surface area contributed by atoms with Crippen molar-refractivity contribution in [2.75, 3.05) is 6.61 Å². The largest absolute Gasteiger partial charge is 0.377 e. The molecule has 0 aliphatic heterocycles. The third-order valence-corrected chi connectivity index (χ3v) is 0.659. The van der Waals surface area contributed by atoms with Crippen LogP contribution in [0.25, 0.3) is 0 Å². The van der Waals surface area contributed by atoms with E-state index in [1.54, 1.807) is 0 Å². The van der Waals surface area contributed by atoms with Crippen molar-refractivity contribution in [2.24, 2.45) is 0 Å². The van der Waals surface area contributed by atoms with Crippen LogP contribution in [0.1, 0.15) is 13.8 Å². The van der Waals surface area contributed by atoms with Gasteiger partial charge >= 0.3 is 0 Å². The number of hydrogen-bond donors (Lipinski definition) is 0. The third-order valence-electron chi connectivity index (χ3n) is 0.659. The maximum absolute atomic E-state index is 11.9. The van der Waals surface area contributed by atoms with E-state index < -0.39 is 6.07 Å². The van der Waals surface area contributed by atoms with E-state index in [-0.39, 0.29) is 12.7 Å². The van der Waals surface area contributed by atoms with E-state index in [1.165, 1.54) is 7.85 Å². The zero-order valence-electron chi connectivity index (χ0n) is 5.65. The van der Waals surface area contributed by atoms with Gasteiger partial charge in [-0.05, 0) is 13.8 Å². The molecule has 0 amide bonds. The van der Waals surface area contributed by atoms with Gasteiger partial charge in [0.1, 0.15) is 7.85 Å². The molecule has 0 aliphatic carbocycles. The summed E-state index contributed by atoms with van der Waals surface area (Å²) in [6.45, 7) is 4.00. The Bertz CT molecular complexity index is 48.4. The monoisotopic (exact) mass is 118 g/mol. The molecule has 0 heterocycles. The quantitative estimate of drug-likeness (QED) is 0.485. The van der Waals surface area contributed by atoms with Crippen LogP contribution in [0.15, 0.2) is 0 Å². The minimum absolute atomic E-state index is 0.146. The third kappa shape index (κ3) is 5.95. The van der Waals surface area contributed by atoms with Gasteiger partial charge in [0, 0.05) is 0 Å². The Kier molecular flexibility index (Phi) is 3.88. The fourth-order valence-corrected chi connectivity index (χ4v) is 0.325. The van der Waals surface area contributed by atoms with E-state index in [1.807, 2.05) is 13.8 Å². The van der Waals surface area contributed by atoms with Crippen LogP contribution >= 0.6 is 0 Å². The van der Waals surface area contributed by atoms with Crippen LogP contribution < -0.4 is 0 Å². The van der Waals surface area contributed by atoms with E-state index in [0.29, 0.717) is 0 Å². The summed E-state index contributed by atoms with van der Waals surface area (Å²) in [5.41, 5.74) is 0. The maximum Gasteiger partial charge on any atom is 0.149 e. The predicted octanol–water partition coefficient (Wildman–Crippen LogP) is 0.340. The molecule has 0 aromatic heterocycles. The van der Waals surface area contributed by atoms with Crippen LogP contribution in [0.5, 0.6) is 0 Å². The Balaban J connectivity index is 2.93. The van der Waals surface area contributed by atoms with Crippen molar-refractivity contribution in [1.82, 2.24) is 0 Å². The molecule has 0 saturated heterocycles. The first kappa shape index (κ1) is 7.95. The van der Waals surface area contributed by atoms with Gasteiger partial charge in [-0.15, -0.1) is 0 Å². The average molecular weight is 118 g/mol. The summed E-state index contributed by atoms with van der Waals surface area (Å²) in [6, 6.07) is 0. The summed E-state index contributed by atoms with van der Waals surface area (Å²) < 4.78 is 16.9. The van der Waals surface area contributed by atoms with Crippen LogP contribution in [-0.4, -0.2) is 26.6 Å². The van der Waals surface area contributed by atoms with Gasteiger partial charge in [-0.3, -0.25) is 4.39 Å². The number of halogens is 1. The SMILES string of the molecule is BC(F)COC(C)C. The lowest BCUT2D eigenvalue weighted by Crippen LogP contribution is -2.13. The molecule has 0 rings (SSSR count). The molecule has 1 nitrogen and oxygen atoms in total. The van der Waals surface area contributed by atoms with Gasteiger partial charge in [0.05, 0.1) is 18.8 Å². The molecule has 0 aromatic rings. The van der Waals surface area contributed by atoms with Gasteiger partial charge in [-0.25, -0.2) is 0 Å². The van der Waals surface area contributed by atoms with Gasteiger partial charge < -0.3 is 4.74 Å². The number of ether oxygens (including phenoxy) is 1. The zero-order valence-corrected chi connectivity index (χ0v) is 5.65. The molecule has 0 spiro atoms. The van der Waals surface area contributed by atoms with Crippen molar-refractivity contribution in [1.29, 1.82) is 0 Å². The first-order valence-corrected chi connectivity index (χ1v) is 2.88. The molecule has 0 saturated carbocycles. The highest BCUT2D eigenvalue weighted by atomic mass is 19.1. The molecule has 48 valence electrons. The molecule has 1 unspecified atom stereocenters. The second kappa shape index (κ2) is 3.90. The number of rotatable bonds is 3. The second-order valence-corrected chi connectivity index (χ2v) is 2.16. The molecule has 0 radical (unpaired) electrons. The van der Waals surface area contributed by atoms with Crippen LogP contribution in [0.3, 0.4) is 0 Å². The van der Waals surface area contributed by atoms with E-state index in [9.17, 15) is 4.39 Å². The Hall–Kier alpha value is -0.0451. The van der Waals surface area contributed by atoms with Gasteiger partial charge in [-0.1, -0.05) is 0 Å². The first-order chi connectivity index (χ1) is 3.63. The average Bonchev–Trinajstić information content (AvgIpc) is 1.61. The minimum atomic E-state index is -0.836. The smallest absolute Gasteiger partial charge is 0.149 e. The molecule has 0 aromatic carbocycles. The Morgan fingerprint density at radius 3 is 2.25 bits per heavy atom. The normalized spacial score (nSPS) is 14.5. The lowest BCUT2D eigenvalue weighted by atomic mass is 10.0. The second-order valence-electron chi connectivity index (χ2n) is 2.16. The van der Waals surface area contributed by atoms with Crippen molar-refractivity contribution in [2.45, 2.75) is 26.0 Å². The lowest BCUT2D eigenvalue weighted by molar-refractivity contribution is 0.0585. The molecule has 8 heavy (non-hydrogen) atoms. The summed E-state index contributed by atoms with van der Waals surface area (Å²) in [6.07, 6.45) is -0.689. The van der Waals surface area contributed by atoms with Gasteiger partial charge in [-0.2, -0.15) is 0 Å². The van der Waals surface area contributed by atoms with Crippen LogP contribution in [0, 0.1) is 0 Å². The summed E-state index contributed by atoms with van der Waals surface area (Å²) in [7, 11) is 1.49. The van der Waals surface area contributed by atoms with E-state index in [4.69, 9.17) is 4.74 Å². The predicted molar refractivity (Wildman–Crippen MR) is 34.5 cm³/mol. The summed E-state index contributed by atoms with van der Waals surface area (Å²) in [4.78, 5) is 0. The van der Waals surface area contributed by atoms with E-state index >= 15 is 0 Å². The molecule has 0 N–H and O–H groups in total. The van der Waals surface area contributed by atoms with Crippen molar-refractivity contribution >= 4 is 7.85 Å². The maximum atomic E-state index is 11.9. The Morgan fingerprint density at radius 2 is 2.12 bits per heavy atom. The van der Waals surface area contributed by atoms with Crippen molar-refractivity contribution in [3.8, 4) is 0 Å². The summed E-state index contributed by atoms with van der Waals surface area (Å²) in [5.74, 6) is 0. The van der Waals surface area contributed by atoms with Crippen LogP contribution in [-0.2, 0) is 4.74 Å². The highest BCUT2D eigenvalue weighted by Crippen LogP contribution is 1.90. The lowest BCUT2D eigenvalue weighted by Gasteiger charge is -2.06. The standard InChI is InChI=1S/C5H12BFO/c1-4(2)8-3-5(6)7/h4-5H,3,6H2,1-2H3.